The molecule has 0 amide bonds. The van der Waals surface area contributed by atoms with E-state index in [1.54, 1.807) is 11.5 Å². The predicted octanol–water partition coefficient (Wildman–Crippen LogP) is 3.14. The van der Waals surface area contributed by atoms with Gasteiger partial charge in [0.25, 0.3) is 0 Å². The molecule has 1 heterocycles. The lowest BCUT2D eigenvalue weighted by molar-refractivity contribution is -0.147. The standard InChI is InChI=1S/C16H23N3O2/c1-5-6-7-21-15(20)12(4)19-14-9-11(3)10(2)8-13(14)18-16(19)17/h8-9,12H,5-7H2,1-4H3,(H2,17,18). The van der Waals surface area contributed by atoms with Gasteiger partial charge in [0.15, 0.2) is 0 Å². The Kier molecular flexibility index (Phi) is 4.50. The van der Waals surface area contributed by atoms with Gasteiger partial charge in [-0.3, -0.25) is 4.57 Å². The molecule has 0 fully saturated rings. The molecule has 1 unspecified atom stereocenters. The average Bonchev–Trinajstić information content (AvgIpc) is 2.74. The second-order valence-electron chi connectivity index (χ2n) is 5.46. The van der Waals surface area contributed by atoms with Gasteiger partial charge in [0.2, 0.25) is 5.95 Å². The Balaban J connectivity index is 2.34. The SMILES string of the molecule is CCCCOC(=O)C(C)n1c(N)nc2cc(C)c(C)cc21. The van der Waals surface area contributed by atoms with Crippen molar-refractivity contribution < 1.29 is 9.53 Å². The number of aryl methyl sites for hydroxylation is 2. The summed E-state index contributed by atoms with van der Waals surface area (Å²) in [7, 11) is 0. The van der Waals surface area contributed by atoms with E-state index in [9.17, 15) is 4.79 Å². The van der Waals surface area contributed by atoms with Crippen LogP contribution in [-0.2, 0) is 9.53 Å². The highest BCUT2D eigenvalue weighted by molar-refractivity contribution is 5.84. The van der Waals surface area contributed by atoms with Crippen LogP contribution in [-0.4, -0.2) is 22.1 Å². The number of aromatic nitrogens is 2. The average molecular weight is 289 g/mol. The minimum absolute atomic E-state index is 0.271. The molecule has 2 N–H and O–H groups in total. The highest BCUT2D eigenvalue weighted by Gasteiger charge is 2.22. The molecule has 5 heteroatoms. The van der Waals surface area contributed by atoms with Crippen molar-refractivity contribution in [3.63, 3.8) is 0 Å². The van der Waals surface area contributed by atoms with E-state index in [1.165, 1.54) is 0 Å². The number of carbonyl (C=O) groups excluding carboxylic acids is 1. The maximum absolute atomic E-state index is 12.1. The molecule has 0 bridgehead atoms. The third-order valence-electron chi connectivity index (χ3n) is 3.80. The van der Waals surface area contributed by atoms with Gasteiger partial charge in [0.05, 0.1) is 17.6 Å². The number of rotatable bonds is 5. The summed E-state index contributed by atoms with van der Waals surface area (Å²) in [6, 6.07) is 3.53. The van der Waals surface area contributed by atoms with Crippen LogP contribution in [0.3, 0.4) is 0 Å². The molecule has 0 saturated heterocycles. The largest absolute Gasteiger partial charge is 0.464 e. The Morgan fingerprint density at radius 3 is 2.71 bits per heavy atom. The van der Waals surface area contributed by atoms with Crippen LogP contribution in [0.15, 0.2) is 12.1 Å². The molecule has 0 aliphatic heterocycles. The molecule has 0 spiro atoms. The third-order valence-corrected chi connectivity index (χ3v) is 3.80. The fourth-order valence-corrected chi connectivity index (χ4v) is 2.32. The summed E-state index contributed by atoms with van der Waals surface area (Å²) >= 11 is 0. The van der Waals surface area contributed by atoms with Crippen LogP contribution in [0.1, 0.15) is 43.9 Å². The van der Waals surface area contributed by atoms with Crippen molar-refractivity contribution >= 4 is 23.0 Å². The van der Waals surface area contributed by atoms with Crippen molar-refractivity contribution in [3.05, 3.63) is 23.3 Å². The molecule has 5 nitrogen and oxygen atoms in total. The number of anilines is 1. The van der Waals surface area contributed by atoms with E-state index in [2.05, 4.69) is 11.9 Å². The molecule has 0 aliphatic carbocycles. The van der Waals surface area contributed by atoms with Crippen LogP contribution in [0.25, 0.3) is 11.0 Å². The van der Waals surface area contributed by atoms with Crippen LogP contribution in [0.5, 0.6) is 0 Å². The summed E-state index contributed by atoms with van der Waals surface area (Å²) in [5, 5.41) is 0. The van der Waals surface area contributed by atoms with Gasteiger partial charge in [-0.2, -0.15) is 0 Å². The number of nitrogens with zero attached hydrogens (tertiary/aromatic N) is 2. The lowest BCUT2D eigenvalue weighted by Crippen LogP contribution is -2.21. The number of carbonyl (C=O) groups is 1. The second kappa shape index (κ2) is 6.16. The Morgan fingerprint density at radius 1 is 1.38 bits per heavy atom. The zero-order valence-electron chi connectivity index (χ0n) is 13.1. The fourth-order valence-electron chi connectivity index (χ4n) is 2.32. The number of benzene rings is 1. The minimum Gasteiger partial charge on any atom is -0.464 e. The van der Waals surface area contributed by atoms with E-state index >= 15 is 0 Å². The molecule has 1 atom stereocenters. The van der Waals surface area contributed by atoms with Crippen LogP contribution in [0.4, 0.5) is 5.95 Å². The zero-order chi connectivity index (χ0) is 15.6. The van der Waals surface area contributed by atoms with Crippen LogP contribution in [0, 0.1) is 13.8 Å². The highest BCUT2D eigenvalue weighted by Crippen LogP contribution is 2.26. The van der Waals surface area contributed by atoms with Gasteiger partial charge in [0, 0.05) is 0 Å². The fraction of sp³-hybridized carbons (Fsp3) is 0.500. The van der Waals surface area contributed by atoms with Crippen molar-refractivity contribution in [2.24, 2.45) is 0 Å². The van der Waals surface area contributed by atoms with E-state index < -0.39 is 6.04 Å². The lowest BCUT2D eigenvalue weighted by atomic mass is 10.1. The number of ether oxygens (including phenoxy) is 1. The normalized spacial score (nSPS) is 12.6. The molecule has 0 radical (unpaired) electrons. The first-order valence-electron chi connectivity index (χ1n) is 7.37. The number of hydrogen-bond acceptors (Lipinski definition) is 4. The van der Waals surface area contributed by atoms with Gasteiger partial charge >= 0.3 is 5.97 Å². The van der Waals surface area contributed by atoms with E-state index in [0.717, 1.165) is 35.0 Å². The first-order chi connectivity index (χ1) is 9.95. The summed E-state index contributed by atoms with van der Waals surface area (Å²) in [5.41, 5.74) is 9.98. The Hall–Kier alpha value is -2.04. The number of esters is 1. The number of nitrogens with two attached hydrogens (primary N) is 1. The van der Waals surface area contributed by atoms with Crippen LogP contribution in [0.2, 0.25) is 0 Å². The number of unbranched alkanes of at least 4 members (excludes halogenated alkanes) is 1. The quantitative estimate of drug-likeness (QED) is 0.678. The number of fused-ring (bicyclic) bond motifs is 1. The summed E-state index contributed by atoms with van der Waals surface area (Å²) in [5.74, 6) is 0.0719. The molecular formula is C16H23N3O2. The van der Waals surface area contributed by atoms with Gasteiger partial charge in [-0.25, -0.2) is 9.78 Å². The predicted molar refractivity (Wildman–Crippen MR) is 84.2 cm³/mol. The van der Waals surface area contributed by atoms with Gasteiger partial charge in [0.1, 0.15) is 6.04 Å². The van der Waals surface area contributed by atoms with Gasteiger partial charge in [-0.05, 0) is 50.5 Å². The zero-order valence-corrected chi connectivity index (χ0v) is 13.1. The lowest BCUT2D eigenvalue weighted by Gasteiger charge is -2.15. The van der Waals surface area contributed by atoms with Gasteiger partial charge < -0.3 is 10.5 Å². The molecule has 0 aliphatic rings. The topological polar surface area (TPSA) is 70.1 Å². The molecule has 2 aromatic rings. The molecule has 1 aromatic heterocycles. The Morgan fingerprint density at radius 2 is 2.05 bits per heavy atom. The number of nitrogen functional groups attached to an aromatic ring is 1. The summed E-state index contributed by atoms with van der Waals surface area (Å²) < 4.78 is 7.03. The van der Waals surface area contributed by atoms with E-state index in [1.807, 2.05) is 26.0 Å². The molecule has 2 rings (SSSR count). The van der Waals surface area contributed by atoms with Crippen molar-refractivity contribution in [1.29, 1.82) is 0 Å². The van der Waals surface area contributed by atoms with Crippen molar-refractivity contribution in [2.75, 3.05) is 12.3 Å². The van der Waals surface area contributed by atoms with Crippen molar-refractivity contribution in [2.45, 2.75) is 46.6 Å². The number of imidazole rings is 1. The molecular weight excluding hydrogens is 266 g/mol. The molecule has 1 aromatic carbocycles. The van der Waals surface area contributed by atoms with Crippen LogP contribution < -0.4 is 5.73 Å². The number of hydrogen-bond donors (Lipinski definition) is 1. The minimum atomic E-state index is -0.478. The van der Waals surface area contributed by atoms with E-state index in [0.29, 0.717) is 12.6 Å². The summed E-state index contributed by atoms with van der Waals surface area (Å²) in [6.07, 6.45) is 1.87. The van der Waals surface area contributed by atoms with Crippen molar-refractivity contribution in [3.8, 4) is 0 Å². The maximum atomic E-state index is 12.1. The molecule has 0 saturated carbocycles. The highest BCUT2D eigenvalue weighted by atomic mass is 16.5. The van der Waals surface area contributed by atoms with Gasteiger partial charge in [-0.1, -0.05) is 13.3 Å². The van der Waals surface area contributed by atoms with E-state index in [-0.39, 0.29) is 5.97 Å². The smallest absolute Gasteiger partial charge is 0.328 e. The Labute approximate surface area is 125 Å². The summed E-state index contributed by atoms with van der Waals surface area (Å²) in [6.45, 7) is 8.37. The van der Waals surface area contributed by atoms with Crippen molar-refractivity contribution in [1.82, 2.24) is 9.55 Å². The maximum Gasteiger partial charge on any atom is 0.328 e. The first kappa shape index (κ1) is 15.4. The first-order valence-corrected chi connectivity index (χ1v) is 7.37. The third kappa shape index (κ3) is 3.01. The monoisotopic (exact) mass is 289 g/mol. The second-order valence-corrected chi connectivity index (χ2v) is 5.46. The van der Waals surface area contributed by atoms with Gasteiger partial charge in [-0.15, -0.1) is 0 Å². The molecule has 114 valence electrons. The van der Waals surface area contributed by atoms with Crippen LogP contribution >= 0.6 is 0 Å². The van der Waals surface area contributed by atoms with E-state index in [4.69, 9.17) is 10.5 Å². The summed E-state index contributed by atoms with van der Waals surface area (Å²) in [4.78, 5) is 16.5. The Bertz CT molecular complexity index is 661. The molecule has 21 heavy (non-hydrogen) atoms.